The smallest absolute Gasteiger partial charge is 0.269 e. The summed E-state index contributed by atoms with van der Waals surface area (Å²) in [6.45, 7) is 3.33. The van der Waals surface area contributed by atoms with Crippen molar-refractivity contribution < 1.29 is 4.74 Å². The Hall–Kier alpha value is -1.82. The van der Waals surface area contributed by atoms with Crippen LogP contribution in [0.15, 0.2) is 39.7 Å². The van der Waals surface area contributed by atoms with Gasteiger partial charge in [0.25, 0.3) is 5.56 Å². The van der Waals surface area contributed by atoms with E-state index in [-0.39, 0.29) is 5.56 Å². The summed E-state index contributed by atoms with van der Waals surface area (Å²) in [7, 11) is 1.62. The van der Waals surface area contributed by atoms with Crippen molar-refractivity contribution in [3.05, 3.63) is 50.9 Å². The molecule has 0 aliphatic rings. The van der Waals surface area contributed by atoms with Gasteiger partial charge in [0, 0.05) is 12.6 Å². The second-order valence-corrected chi connectivity index (χ2v) is 5.49. The normalized spacial score (nSPS) is 10.4. The molecule has 0 bridgehead atoms. The quantitative estimate of drug-likeness (QED) is 0.869. The Morgan fingerprint density at radius 2 is 2.19 bits per heavy atom. The van der Waals surface area contributed by atoms with E-state index in [1.54, 1.807) is 19.4 Å². The van der Waals surface area contributed by atoms with Crippen molar-refractivity contribution in [1.29, 1.82) is 0 Å². The van der Waals surface area contributed by atoms with Gasteiger partial charge in [0.1, 0.15) is 5.75 Å². The number of ether oxygens (including phenoxy) is 1. The summed E-state index contributed by atoms with van der Waals surface area (Å²) in [5.41, 5.74) is 1.61. The minimum Gasteiger partial charge on any atom is -0.496 e. The summed E-state index contributed by atoms with van der Waals surface area (Å²) < 4.78 is 7.48. The van der Waals surface area contributed by atoms with E-state index in [0.717, 1.165) is 34.4 Å². The standard InChI is InChI=1S/C15H18BrN3O2/c1-3-6-17-12-8-15(20)19(18-9-12)10-11-4-5-14(21-2)13(16)7-11/h4-5,7-9,17H,3,6,10H2,1-2H3. The second kappa shape index (κ2) is 7.26. The Balaban J connectivity index is 2.16. The van der Waals surface area contributed by atoms with Gasteiger partial charge in [-0.15, -0.1) is 0 Å². The Morgan fingerprint density at radius 1 is 1.38 bits per heavy atom. The van der Waals surface area contributed by atoms with Crippen LogP contribution in [0.4, 0.5) is 5.69 Å². The first-order chi connectivity index (χ1) is 10.1. The summed E-state index contributed by atoms with van der Waals surface area (Å²) in [6, 6.07) is 7.28. The van der Waals surface area contributed by atoms with Gasteiger partial charge in [0.15, 0.2) is 0 Å². The number of benzene rings is 1. The van der Waals surface area contributed by atoms with E-state index in [9.17, 15) is 4.79 Å². The van der Waals surface area contributed by atoms with Crippen molar-refractivity contribution in [3.8, 4) is 5.75 Å². The molecule has 1 aromatic carbocycles. The molecule has 0 fully saturated rings. The number of nitrogens with one attached hydrogen (secondary N) is 1. The monoisotopic (exact) mass is 351 g/mol. The molecule has 0 unspecified atom stereocenters. The van der Waals surface area contributed by atoms with Crippen LogP contribution in [0.5, 0.6) is 5.75 Å². The second-order valence-electron chi connectivity index (χ2n) is 4.64. The molecule has 0 amide bonds. The van der Waals surface area contributed by atoms with E-state index in [4.69, 9.17) is 4.74 Å². The zero-order valence-corrected chi connectivity index (χ0v) is 13.7. The third-order valence-electron chi connectivity index (χ3n) is 3.00. The molecule has 0 radical (unpaired) electrons. The first kappa shape index (κ1) is 15.6. The molecule has 1 aromatic heterocycles. The number of hydrogen-bond acceptors (Lipinski definition) is 4. The molecule has 0 atom stereocenters. The van der Waals surface area contributed by atoms with Crippen LogP contribution in [-0.4, -0.2) is 23.4 Å². The molecule has 21 heavy (non-hydrogen) atoms. The summed E-state index contributed by atoms with van der Waals surface area (Å²) in [5, 5.41) is 7.34. The number of methoxy groups -OCH3 is 1. The molecule has 0 saturated carbocycles. The predicted molar refractivity (Wildman–Crippen MR) is 87.1 cm³/mol. The number of hydrogen-bond donors (Lipinski definition) is 1. The van der Waals surface area contributed by atoms with Crippen molar-refractivity contribution in [1.82, 2.24) is 9.78 Å². The van der Waals surface area contributed by atoms with Gasteiger partial charge in [-0.1, -0.05) is 13.0 Å². The van der Waals surface area contributed by atoms with Gasteiger partial charge in [-0.25, -0.2) is 4.68 Å². The molecule has 0 spiro atoms. The van der Waals surface area contributed by atoms with Crippen LogP contribution in [0.1, 0.15) is 18.9 Å². The molecule has 5 nitrogen and oxygen atoms in total. The molecular weight excluding hydrogens is 334 g/mol. The van der Waals surface area contributed by atoms with Crippen LogP contribution in [0.2, 0.25) is 0 Å². The van der Waals surface area contributed by atoms with Gasteiger partial charge in [-0.2, -0.15) is 5.10 Å². The summed E-state index contributed by atoms with van der Waals surface area (Å²) >= 11 is 3.44. The Bertz CT molecular complexity index is 670. The first-order valence-electron chi connectivity index (χ1n) is 6.77. The predicted octanol–water partition coefficient (Wildman–Crippen LogP) is 2.88. The topological polar surface area (TPSA) is 56.1 Å². The Kier molecular flexibility index (Phi) is 5.38. The fraction of sp³-hybridized carbons (Fsp3) is 0.333. The van der Waals surface area contributed by atoms with Crippen LogP contribution < -0.4 is 15.6 Å². The summed E-state index contributed by atoms with van der Waals surface area (Å²) in [4.78, 5) is 12.0. The van der Waals surface area contributed by atoms with Gasteiger partial charge in [-0.05, 0) is 40.0 Å². The Labute approximate surface area is 132 Å². The lowest BCUT2D eigenvalue weighted by Gasteiger charge is -2.09. The lowest BCUT2D eigenvalue weighted by atomic mass is 10.2. The molecular formula is C15H18BrN3O2. The van der Waals surface area contributed by atoms with Crippen molar-refractivity contribution in [2.45, 2.75) is 19.9 Å². The van der Waals surface area contributed by atoms with Crippen molar-refractivity contribution in [3.63, 3.8) is 0 Å². The summed E-state index contributed by atoms with van der Waals surface area (Å²) in [5.74, 6) is 0.762. The third kappa shape index (κ3) is 4.07. The first-order valence-corrected chi connectivity index (χ1v) is 7.56. The molecule has 2 aromatic rings. The maximum Gasteiger partial charge on any atom is 0.269 e. The van der Waals surface area contributed by atoms with Gasteiger partial charge in [-0.3, -0.25) is 4.79 Å². The number of halogens is 1. The molecule has 1 N–H and O–H groups in total. The summed E-state index contributed by atoms with van der Waals surface area (Å²) in [6.07, 6.45) is 2.68. The SMILES string of the molecule is CCCNc1cnn(Cc2ccc(OC)c(Br)c2)c(=O)c1. The van der Waals surface area contributed by atoms with Crippen LogP contribution in [0.25, 0.3) is 0 Å². The van der Waals surface area contributed by atoms with Crippen molar-refractivity contribution in [2.75, 3.05) is 19.0 Å². The highest BCUT2D eigenvalue weighted by molar-refractivity contribution is 9.10. The molecule has 0 aliphatic heterocycles. The molecule has 6 heteroatoms. The van der Waals surface area contributed by atoms with Crippen molar-refractivity contribution in [2.24, 2.45) is 0 Å². The van der Waals surface area contributed by atoms with Gasteiger partial charge in [0.2, 0.25) is 0 Å². The highest BCUT2D eigenvalue weighted by Gasteiger charge is 2.05. The van der Waals surface area contributed by atoms with E-state index in [1.807, 2.05) is 18.2 Å². The van der Waals surface area contributed by atoms with E-state index in [2.05, 4.69) is 33.3 Å². The minimum absolute atomic E-state index is 0.122. The molecule has 112 valence electrons. The lowest BCUT2D eigenvalue weighted by molar-refractivity contribution is 0.412. The van der Waals surface area contributed by atoms with Crippen LogP contribution in [-0.2, 0) is 6.54 Å². The molecule has 1 heterocycles. The Morgan fingerprint density at radius 3 is 2.81 bits per heavy atom. The van der Waals surface area contributed by atoms with Gasteiger partial charge >= 0.3 is 0 Å². The highest BCUT2D eigenvalue weighted by Crippen LogP contribution is 2.25. The maximum atomic E-state index is 12.0. The number of anilines is 1. The number of aromatic nitrogens is 2. The zero-order valence-electron chi connectivity index (χ0n) is 12.1. The van der Waals surface area contributed by atoms with E-state index in [1.165, 1.54) is 4.68 Å². The van der Waals surface area contributed by atoms with Crippen molar-refractivity contribution >= 4 is 21.6 Å². The van der Waals surface area contributed by atoms with E-state index >= 15 is 0 Å². The fourth-order valence-electron chi connectivity index (χ4n) is 1.90. The average Bonchev–Trinajstić information content (AvgIpc) is 2.48. The largest absolute Gasteiger partial charge is 0.496 e. The van der Waals surface area contributed by atoms with Crippen LogP contribution >= 0.6 is 15.9 Å². The van der Waals surface area contributed by atoms with Gasteiger partial charge in [0.05, 0.1) is 30.0 Å². The maximum absolute atomic E-state index is 12.0. The molecule has 0 saturated heterocycles. The van der Waals surface area contributed by atoms with Gasteiger partial charge < -0.3 is 10.1 Å². The van der Waals surface area contributed by atoms with E-state index in [0.29, 0.717) is 6.54 Å². The molecule has 2 rings (SSSR count). The van der Waals surface area contributed by atoms with E-state index < -0.39 is 0 Å². The zero-order chi connectivity index (χ0) is 15.2. The highest BCUT2D eigenvalue weighted by atomic mass is 79.9. The minimum atomic E-state index is -0.122. The number of rotatable bonds is 6. The van der Waals surface area contributed by atoms with Crippen LogP contribution in [0.3, 0.4) is 0 Å². The fourth-order valence-corrected chi connectivity index (χ4v) is 2.49. The lowest BCUT2D eigenvalue weighted by Crippen LogP contribution is -2.23. The third-order valence-corrected chi connectivity index (χ3v) is 3.62. The molecule has 0 aliphatic carbocycles. The number of nitrogens with zero attached hydrogens (tertiary/aromatic N) is 2. The van der Waals surface area contributed by atoms with Crippen LogP contribution in [0, 0.1) is 0 Å². The average molecular weight is 352 g/mol.